The predicted molar refractivity (Wildman–Crippen MR) is 35.4 cm³/mol. The molecule has 0 amide bonds. The van der Waals surface area contributed by atoms with Crippen molar-refractivity contribution in [1.82, 2.24) is 0 Å². The van der Waals surface area contributed by atoms with E-state index in [1.807, 2.05) is 0 Å². The van der Waals surface area contributed by atoms with E-state index in [1.165, 1.54) is 0 Å². The van der Waals surface area contributed by atoms with Gasteiger partial charge in [-0.25, -0.2) is 0 Å². The van der Waals surface area contributed by atoms with Crippen molar-refractivity contribution in [2.75, 3.05) is 13.2 Å². The zero-order chi connectivity index (χ0) is 5.82. The molecule has 0 spiro atoms. The number of ether oxygens (including phenoxy) is 1. The zero-order valence-corrected chi connectivity index (χ0v) is 5.43. The topological polar surface area (TPSA) is 26.3 Å². The van der Waals surface area contributed by atoms with Crippen LogP contribution >= 0.6 is 0 Å². The number of rotatable bonds is 0. The summed E-state index contributed by atoms with van der Waals surface area (Å²) in [5, 5.41) is 0. The van der Waals surface area contributed by atoms with Crippen molar-refractivity contribution in [3.05, 3.63) is 0 Å². The number of hydrogen-bond donors (Lipinski definition) is 0. The summed E-state index contributed by atoms with van der Waals surface area (Å²) in [6.07, 6.45) is 2.26. The lowest BCUT2D eigenvalue weighted by atomic mass is 10.2. The number of carbonyl (C=O) groups is 1. The molecule has 1 rings (SSSR count). The van der Waals surface area contributed by atoms with Gasteiger partial charge in [0.05, 0.1) is 6.61 Å². The van der Waals surface area contributed by atoms with Crippen LogP contribution in [0.25, 0.3) is 0 Å². The van der Waals surface area contributed by atoms with Crippen LogP contribution in [0.3, 0.4) is 0 Å². The van der Waals surface area contributed by atoms with Gasteiger partial charge in [0, 0.05) is 27.9 Å². The molecule has 1 heterocycles. The lowest BCUT2D eigenvalue weighted by molar-refractivity contribution is -0.119. The summed E-state index contributed by atoms with van der Waals surface area (Å²) < 4.78 is 5.04. The van der Waals surface area contributed by atoms with Crippen LogP contribution < -0.4 is 0 Å². The van der Waals surface area contributed by atoms with Gasteiger partial charge in [0.25, 0.3) is 0 Å². The Morgan fingerprint density at radius 1 is 1.22 bits per heavy atom. The molecule has 0 aromatic rings. The minimum atomic E-state index is 0. The van der Waals surface area contributed by atoms with Crippen molar-refractivity contribution in [3.8, 4) is 0 Å². The highest BCUT2D eigenvalue weighted by Gasteiger charge is 2.05. The van der Waals surface area contributed by atoms with Crippen LogP contribution in [0.4, 0.5) is 0 Å². The number of carbonyl (C=O) groups excluding carboxylic acids is 1. The molecule has 0 aliphatic carbocycles. The van der Waals surface area contributed by atoms with Crippen LogP contribution in [0.15, 0.2) is 0 Å². The van der Waals surface area contributed by atoms with Crippen LogP contribution in [0.2, 0.25) is 0 Å². The Hall–Kier alpha value is -0.305. The second-order valence-corrected chi connectivity index (χ2v) is 2.00. The SMILES string of the molecule is O=C1CCCOCC1.[B]. The Balaban J connectivity index is 0.000000640. The monoisotopic (exact) mass is 125 g/mol. The molecular formula is C6H10BO2. The predicted octanol–water partition coefficient (Wildman–Crippen LogP) is 0.375. The first kappa shape index (κ1) is 8.69. The lowest BCUT2D eigenvalue weighted by Crippen LogP contribution is -1.96. The summed E-state index contributed by atoms with van der Waals surface area (Å²) in [4.78, 5) is 10.6. The maximum Gasteiger partial charge on any atom is 0.135 e. The molecule has 2 nitrogen and oxygen atoms in total. The molecule has 1 aliphatic heterocycles. The smallest absolute Gasteiger partial charge is 0.135 e. The molecule has 1 saturated heterocycles. The fourth-order valence-corrected chi connectivity index (χ4v) is 0.784. The quantitative estimate of drug-likeness (QED) is 0.437. The third-order valence-corrected chi connectivity index (χ3v) is 1.27. The Morgan fingerprint density at radius 3 is 2.78 bits per heavy atom. The van der Waals surface area contributed by atoms with Crippen molar-refractivity contribution in [1.29, 1.82) is 0 Å². The Labute approximate surface area is 57.2 Å². The van der Waals surface area contributed by atoms with Gasteiger partial charge in [-0.3, -0.25) is 4.79 Å². The van der Waals surface area contributed by atoms with E-state index >= 15 is 0 Å². The van der Waals surface area contributed by atoms with E-state index in [0.717, 1.165) is 19.4 Å². The van der Waals surface area contributed by atoms with Crippen molar-refractivity contribution in [3.63, 3.8) is 0 Å². The van der Waals surface area contributed by atoms with Crippen molar-refractivity contribution >= 4 is 14.2 Å². The average molecular weight is 125 g/mol. The zero-order valence-electron chi connectivity index (χ0n) is 5.43. The highest BCUT2D eigenvalue weighted by Crippen LogP contribution is 2.01. The molecule has 0 unspecified atom stereocenters. The van der Waals surface area contributed by atoms with Gasteiger partial charge in [-0.15, -0.1) is 0 Å². The Kier molecular flexibility index (Phi) is 4.41. The first-order valence-electron chi connectivity index (χ1n) is 2.99. The van der Waals surface area contributed by atoms with Crippen molar-refractivity contribution < 1.29 is 9.53 Å². The van der Waals surface area contributed by atoms with E-state index in [2.05, 4.69) is 0 Å². The van der Waals surface area contributed by atoms with Gasteiger partial charge < -0.3 is 4.74 Å². The summed E-state index contributed by atoms with van der Waals surface area (Å²) in [6.45, 7) is 1.41. The summed E-state index contributed by atoms with van der Waals surface area (Å²) >= 11 is 0. The fourth-order valence-electron chi connectivity index (χ4n) is 0.784. The van der Waals surface area contributed by atoms with E-state index in [-0.39, 0.29) is 8.41 Å². The third kappa shape index (κ3) is 3.30. The number of Topliss-reactive ketones (excluding diaryl/α,β-unsaturated/α-hetero) is 1. The van der Waals surface area contributed by atoms with Crippen LogP contribution in [0.5, 0.6) is 0 Å². The highest BCUT2D eigenvalue weighted by molar-refractivity contribution is 5.78. The van der Waals surface area contributed by atoms with Gasteiger partial charge in [0.15, 0.2) is 0 Å². The highest BCUT2D eigenvalue weighted by atomic mass is 16.5. The molecule has 0 saturated carbocycles. The molecule has 1 fully saturated rings. The van der Waals surface area contributed by atoms with Gasteiger partial charge in [0.1, 0.15) is 5.78 Å². The lowest BCUT2D eigenvalue weighted by Gasteiger charge is -1.90. The van der Waals surface area contributed by atoms with E-state index in [0.29, 0.717) is 18.8 Å². The molecule has 0 aromatic carbocycles. The molecule has 49 valence electrons. The van der Waals surface area contributed by atoms with Crippen LogP contribution in [0.1, 0.15) is 19.3 Å². The van der Waals surface area contributed by atoms with Crippen LogP contribution in [-0.4, -0.2) is 27.4 Å². The minimum absolute atomic E-state index is 0. The summed E-state index contributed by atoms with van der Waals surface area (Å²) in [5.74, 6) is 0.350. The Bertz CT molecular complexity index is 83.1. The van der Waals surface area contributed by atoms with E-state index in [4.69, 9.17) is 4.74 Å². The molecule has 0 N–H and O–H groups in total. The minimum Gasteiger partial charge on any atom is -0.381 e. The van der Waals surface area contributed by atoms with E-state index in [9.17, 15) is 4.79 Å². The molecule has 3 heteroatoms. The summed E-state index contributed by atoms with van der Waals surface area (Å²) in [7, 11) is 0. The summed E-state index contributed by atoms with van der Waals surface area (Å²) in [6, 6.07) is 0. The van der Waals surface area contributed by atoms with E-state index in [1.54, 1.807) is 0 Å². The largest absolute Gasteiger partial charge is 0.381 e. The van der Waals surface area contributed by atoms with Crippen molar-refractivity contribution in [2.45, 2.75) is 19.3 Å². The van der Waals surface area contributed by atoms with Gasteiger partial charge in [-0.1, -0.05) is 0 Å². The average Bonchev–Trinajstić information content (AvgIpc) is 1.94. The molecule has 3 radical (unpaired) electrons. The van der Waals surface area contributed by atoms with Gasteiger partial charge >= 0.3 is 0 Å². The second-order valence-electron chi connectivity index (χ2n) is 2.00. The summed E-state index contributed by atoms with van der Waals surface area (Å²) in [5.41, 5.74) is 0. The maximum atomic E-state index is 10.6. The first-order chi connectivity index (χ1) is 3.89. The number of hydrogen-bond acceptors (Lipinski definition) is 2. The van der Waals surface area contributed by atoms with E-state index < -0.39 is 0 Å². The molecule has 1 aliphatic rings. The molecule has 0 atom stereocenters. The molecule has 0 bridgehead atoms. The standard InChI is InChI=1S/C6H10O2.B/c7-6-2-1-4-8-5-3-6;/h1-5H2;. The third-order valence-electron chi connectivity index (χ3n) is 1.27. The molecular weight excluding hydrogens is 115 g/mol. The fraction of sp³-hybridized carbons (Fsp3) is 0.833. The number of ketones is 1. The van der Waals surface area contributed by atoms with Gasteiger partial charge in [0.2, 0.25) is 0 Å². The van der Waals surface area contributed by atoms with Gasteiger partial charge in [-0.05, 0) is 6.42 Å². The van der Waals surface area contributed by atoms with Gasteiger partial charge in [-0.2, -0.15) is 0 Å². The Morgan fingerprint density at radius 2 is 2.00 bits per heavy atom. The van der Waals surface area contributed by atoms with Crippen LogP contribution in [-0.2, 0) is 9.53 Å². The normalized spacial score (nSPS) is 20.2. The molecule has 9 heavy (non-hydrogen) atoms. The second kappa shape index (κ2) is 4.56. The molecule has 0 aromatic heterocycles. The first-order valence-corrected chi connectivity index (χ1v) is 2.99. The maximum absolute atomic E-state index is 10.6. The van der Waals surface area contributed by atoms with Crippen LogP contribution in [0, 0.1) is 0 Å². The van der Waals surface area contributed by atoms with Crippen molar-refractivity contribution in [2.24, 2.45) is 0 Å².